The van der Waals surface area contributed by atoms with E-state index in [9.17, 15) is 14.0 Å². The average molecular weight is 331 g/mol. The molecule has 0 bridgehead atoms. The maximum atomic E-state index is 12.9. The summed E-state index contributed by atoms with van der Waals surface area (Å²) in [5.74, 6) is -1.23. The molecule has 0 spiro atoms. The summed E-state index contributed by atoms with van der Waals surface area (Å²) in [6, 6.07) is 14.1. The third-order valence-electron chi connectivity index (χ3n) is 3.07. The van der Waals surface area contributed by atoms with Crippen LogP contribution in [0.3, 0.4) is 0 Å². The molecule has 2 aromatic carbocycles. The van der Waals surface area contributed by atoms with E-state index in [1.54, 1.807) is 24.3 Å². The first-order chi connectivity index (χ1) is 11.4. The van der Waals surface area contributed by atoms with Crippen molar-refractivity contribution < 1.29 is 23.5 Å². The SMILES string of the molecule is CC(C)(Oc1ccc(F)cc1)C(=O)OCC(=O)Nc1ccccc1. The summed E-state index contributed by atoms with van der Waals surface area (Å²) in [6.45, 7) is 2.59. The van der Waals surface area contributed by atoms with Crippen molar-refractivity contribution in [1.82, 2.24) is 0 Å². The van der Waals surface area contributed by atoms with E-state index in [4.69, 9.17) is 9.47 Å². The van der Waals surface area contributed by atoms with E-state index in [1.807, 2.05) is 6.07 Å². The van der Waals surface area contributed by atoms with E-state index in [2.05, 4.69) is 5.32 Å². The molecule has 0 atom stereocenters. The van der Waals surface area contributed by atoms with Gasteiger partial charge < -0.3 is 14.8 Å². The summed E-state index contributed by atoms with van der Waals surface area (Å²) in [5, 5.41) is 2.61. The summed E-state index contributed by atoms with van der Waals surface area (Å²) in [5.41, 5.74) is -0.703. The zero-order valence-electron chi connectivity index (χ0n) is 13.4. The first kappa shape index (κ1) is 17.5. The molecule has 0 aliphatic carbocycles. The van der Waals surface area contributed by atoms with Gasteiger partial charge in [-0.15, -0.1) is 0 Å². The van der Waals surface area contributed by atoms with Gasteiger partial charge in [-0.1, -0.05) is 18.2 Å². The number of carbonyl (C=O) groups excluding carboxylic acids is 2. The van der Waals surface area contributed by atoms with Crippen molar-refractivity contribution in [2.45, 2.75) is 19.4 Å². The van der Waals surface area contributed by atoms with Crippen LogP contribution in [0.15, 0.2) is 54.6 Å². The van der Waals surface area contributed by atoms with Crippen LogP contribution in [-0.2, 0) is 14.3 Å². The van der Waals surface area contributed by atoms with E-state index in [1.165, 1.54) is 38.1 Å². The molecule has 126 valence electrons. The van der Waals surface area contributed by atoms with Gasteiger partial charge in [-0.2, -0.15) is 0 Å². The molecule has 0 heterocycles. The summed E-state index contributed by atoms with van der Waals surface area (Å²) >= 11 is 0. The third-order valence-corrected chi connectivity index (χ3v) is 3.07. The van der Waals surface area contributed by atoms with E-state index >= 15 is 0 Å². The van der Waals surface area contributed by atoms with Crippen molar-refractivity contribution in [1.29, 1.82) is 0 Å². The maximum Gasteiger partial charge on any atom is 0.350 e. The molecule has 2 rings (SSSR count). The van der Waals surface area contributed by atoms with Crippen LogP contribution in [0.1, 0.15) is 13.8 Å². The van der Waals surface area contributed by atoms with Crippen LogP contribution in [0.25, 0.3) is 0 Å². The monoisotopic (exact) mass is 331 g/mol. The Hall–Kier alpha value is -2.89. The zero-order valence-corrected chi connectivity index (χ0v) is 13.4. The van der Waals surface area contributed by atoms with Gasteiger partial charge in [-0.3, -0.25) is 4.79 Å². The van der Waals surface area contributed by atoms with Gasteiger partial charge in [0.15, 0.2) is 12.2 Å². The molecule has 0 aliphatic rings. The molecule has 0 radical (unpaired) electrons. The standard InChI is InChI=1S/C18H18FNO4/c1-18(2,24-15-10-8-13(19)9-11-15)17(22)23-12-16(21)20-14-6-4-3-5-7-14/h3-11H,12H2,1-2H3,(H,20,21). The van der Waals surface area contributed by atoms with Crippen molar-refractivity contribution in [3.63, 3.8) is 0 Å². The zero-order chi connectivity index (χ0) is 17.6. The fourth-order valence-electron chi connectivity index (χ4n) is 1.86. The summed E-state index contributed by atoms with van der Waals surface area (Å²) < 4.78 is 23.4. The number of hydrogen-bond donors (Lipinski definition) is 1. The van der Waals surface area contributed by atoms with E-state index in [0.717, 1.165) is 0 Å². The third kappa shape index (κ3) is 5.08. The Balaban J connectivity index is 1.86. The minimum Gasteiger partial charge on any atom is -0.476 e. The van der Waals surface area contributed by atoms with Crippen molar-refractivity contribution in [2.24, 2.45) is 0 Å². The van der Waals surface area contributed by atoms with Crippen LogP contribution in [-0.4, -0.2) is 24.1 Å². The highest BCUT2D eigenvalue weighted by Gasteiger charge is 2.32. The molecule has 2 aromatic rings. The predicted molar refractivity (Wildman–Crippen MR) is 87.1 cm³/mol. The predicted octanol–water partition coefficient (Wildman–Crippen LogP) is 3.17. The highest BCUT2D eigenvalue weighted by atomic mass is 19.1. The number of benzene rings is 2. The smallest absolute Gasteiger partial charge is 0.350 e. The van der Waals surface area contributed by atoms with Crippen LogP contribution in [0.2, 0.25) is 0 Å². The number of nitrogens with one attached hydrogen (secondary N) is 1. The highest BCUT2D eigenvalue weighted by Crippen LogP contribution is 2.20. The van der Waals surface area contributed by atoms with Crippen molar-refractivity contribution in [3.05, 3.63) is 60.4 Å². The fraction of sp³-hybridized carbons (Fsp3) is 0.222. The van der Waals surface area contributed by atoms with Crippen molar-refractivity contribution in [2.75, 3.05) is 11.9 Å². The lowest BCUT2D eigenvalue weighted by Crippen LogP contribution is -2.41. The lowest BCUT2D eigenvalue weighted by Gasteiger charge is -2.24. The van der Waals surface area contributed by atoms with Crippen LogP contribution in [0.5, 0.6) is 5.75 Å². The first-order valence-corrected chi connectivity index (χ1v) is 7.33. The topological polar surface area (TPSA) is 64.6 Å². The minimum absolute atomic E-state index is 0.326. The summed E-state index contributed by atoms with van der Waals surface area (Å²) in [4.78, 5) is 23.9. The molecular weight excluding hydrogens is 313 g/mol. The number of carbonyl (C=O) groups is 2. The second-order valence-corrected chi connectivity index (χ2v) is 5.56. The van der Waals surface area contributed by atoms with Gasteiger partial charge in [-0.05, 0) is 50.2 Å². The quantitative estimate of drug-likeness (QED) is 0.826. The number of rotatable bonds is 6. The van der Waals surface area contributed by atoms with Gasteiger partial charge in [0.25, 0.3) is 5.91 Å². The molecule has 0 saturated carbocycles. The number of amides is 1. The molecule has 0 saturated heterocycles. The number of anilines is 1. The van der Waals surface area contributed by atoms with Gasteiger partial charge in [0.1, 0.15) is 11.6 Å². The molecule has 6 heteroatoms. The van der Waals surface area contributed by atoms with Gasteiger partial charge in [-0.25, -0.2) is 9.18 Å². The second kappa shape index (κ2) is 7.59. The van der Waals surface area contributed by atoms with E-state index in [-0.39, 0.29) is 0 Å². The fourth-order valence-corrected chi connectivity index (χ4v) is 1.86. The highest BCUT2D eigenvalue weighted by molar-refractivity contribution is 5.93. The van der Waals surface area contributed by atoms with E-state index < -0.39 is 29.9 Å². The number of halogens is 1. The largest absolute Gasteiger partial charge is 0.476 e. The lowest BCUT2D eigenvalue weighted by molar-refractivity contribution is -0.161. The Morgan fingerprint density at radius 3 is 2.29 bits per heavy atom. The maximum absolute atomic E-state index is 12.9. The Labute approximate surface area is 139 Å². The molecule has 0 aromatic heterocycles. The van der Waals surface area contributed by atoms with Gasteiger partial charge in [0.2, 0.25) is 0 Å². The molecule has 0 aliphatic heterocycles. The van der Waals surface area contributed by atoms with E-state index in [0.29, 0.717) is 11.4 Å². The molecular formula is C18H18FNO4. The number of esters is 1. The van der Waals surface area contributed by atoms with Crippen LogP contribution >= 0.6 is 0 Å². The number of para-hydroxylation sites is 1. The second-order valence-electron chi connectivity index (χ2n) is 5.56. The molecule has 24 heavy (non-hydrogen) atoms. The molecule has 1 N–H and O–H groups in total. The Bertz CT molecular complexity index is 699. The Morgan fingerprint density at radius 2 is 1.67 bits per heavy atom. The first-order valence-electron chi connectivity index (χ1n) is 7.33. The molecule has 1 amide bonds. The van der Waals surface area contributed by atoms with Gasteiger partial charge in [0, 0.05) is 5.69 Å². The number of ether oxygens (including phenoxy) is 2. The van der Waals surface area contributed by atoms with Crippen molar-refractivity contribution in [3.8, 4) is 5.75 Å². The van der Waals surface area contributed by atoms with Crippen molar-refractivity contribution >= 4 is 17.6 Å². The van der Waals surface area contributed by atoms with Crippen LogP contribution in [0, 0.1) is 5.82 Å². The summed E-state index contributed by atoms with van der Waals surface area (Å²) in [6.07, 6.45) is 0. The number of hydrogen-bond acceptors (Lipinski definition) is 4. The van der Waals surface area contributed by atoms with Crippen LogP contribution < -0.4 is 10.1 Å². The lowest BCUT2D eigenvalue weighted by atomic mass is 10.1. The molecule has 0 fully saturated rings. The Kier molecular flexibility index (Phi) is 5.52. The Morgan fingerprint density at radius 1 is 1.04 bits per heavy atom. The average Bonchev–Trinajstić information content (AvgIpc) is 2.55. The molecule has 5 nitrogen and oxygen atoms in total. The normalized spacial score (nSPS) is 10.8. The molecule has 0 unspecified atom stereocenters. The summed E-state index contributed by atoms with van der Waals surface area (Å²) in [7, 11) is 0. The van der Waals surface area contributed by atoms with Gasteiger partial charge >= 0.3 is 5.97 Å². The van der Waals surface area contributed by atoms with Crippen LogP contribution in [0.4, 0.5) is 10.1 Å². The van der Waals surface area contributed by atoms with Gasteiger partial charge in [0.05, 0.1) is 0 Å². The minimum atomic E-state index is -1.31.